The molecule has 5 rings (SSSR count). The number of para-hydroxylation sites is 1. The van der Waals surface area contributed by atoms with Crippen LogP contribution in [0, 0.1) is 0 Å². The van der Waals surface area contributed by atoms with Crippen molar-refractivity contribution >= 4 is 28.1 Å². The highest BCUT2D eigenvalue weighted by molar-refractivity contribution is 9.10. The van der Waals surface area contributed by atoms with Crippen LogP contribution in [0.1, 0.15) is 21.5 Å². The predicted octanol–water partition coefficient (Wildman–Crippen LogP) is 6.64. The van der Waals surface area contributed by atoms with Crippen molar-refractivity contribution in [2.45, 2.75) is 6.61 Å². The van der Waals surface area contributed by atoms with E-state index in [-0.39, 0.29) is 5.91 Å². The number of ether oxygens (including phenoxy) is 1. The first-order valence-electron chi connectivity index (χ1n) is 11.7. The summed E-state index contributed by atoms with van der Waals surface area (Å²) in [5, 5.41) is 9.02. The van der Waals surface area contributed by atoms with E-state index < -0.39 is 0 Å². The van der Waals surface area contributed by atoms with E-state index in [2.05, 4.69) is 26.5 Å². The van der Waals surface area contributed by atoms with Crippen molar-refractivity contribution in [2.75, 3.05) is 0 Å². The average molecular weight is 551 g/mol. The van der Waals surface area contributed by atoms with Crippen molar-refractivity contribution in [2.24, 2.45) is 5.10 Å². The van der Waals surface area contributed by atoms with Crippen molar-refractivity contribution in [3.05, 3.63) is 137 Å². The van der Waals surface area contributed by atoms with Crippen LogP contribution in [0.25, 0.3) is 16.9 Å². The topological polar surface area (TPSA) is 68.5 Å². The van der Waals surface area contributed by atoms with Gasteiger partial charge in [-0.15, -0.1) is 0 Å². The van der Waals surface area contributed by atoms with Gasteiger partial charge in [0.05, 0.1) is 17.5 Å². The number of nitrogens with one attached hydrogen (secondary N) is 1. The molecule has 0 spiro atoms. The lowest BCUT2D eigenvalue weighted by atomic mass is 10.1. The molecule has 6 nitrogen and oxygen atoms in total. The molecule has 1 amide bonds. The predicted molar refractivity (Wildman–Crippen MR) is 149 cm³/mol. The van der Waals surface area contributed by atoms with E-state index in [1.165, 1.54) is 0 Å². The lowest BCUT2D eigenvalue weighted by Gasteiger charge is -2.07. The van der Waals surface area contributed by atoms with Crippen LogP contribution in [0.3, 0.4) is 0 Å². The van der Waals surface area contributed by atoms with Crippen LogP contribution in [-0.4, -0.2) is 21.9 Å². The second-order valence-electron chi connectivity index (χ2n) is 8.19. The Hall–Kier alpha value is -4.49. The molecular formula is C30H23BrN4O2. The number of halogens is 1. The van der Waals surface area contributed by atoms with Crippen LogP contribution in [0.15, 0.2) is 125 Å². The van der Waals surface area contributed by atoms with E-state index in [0.29, 0.717) is 16.6 Å². The zero-order valence-corrected chi connectivity index (χ0v) is 21.4. The summed E-state index contributed by atoms with van der Waals surface area (Å²) in [5.41, 5.74) is 7.53. The van der Waals surface area contributed by atoms with Gasteiger partial charge in [0.15, 0.2) is 0 Å². The minimum absolute atomic E-state index is 0.305. The Labute approximate surface area is 223 Å². The molecule has 0 unspecified atom stereocenters. The molecule has 5 aromatic rings. The van der Waals surface area contributed by atoms with Gasteiger partial charge in [0.1, 0.15) is 18.1 Å². The standard InChI is InChI=1S/C30H23BrN4O2/c31-28-14-8-7-13-27(28)30(36)33-32-19-24-20-35(25-11-5-2-6-12-25)34-29(24)23-15-17-26(18-16-23)37-21-22-9-3-1-4-10-22/h1-20H,21H2,(H,33,36)/b32-19+. The summed E-state index contributed by atoms with van der Waals surface area (Å²) < 4.78 is 8.43. The Bertz CT molecular complexity index is 1510. The summed E-state index contributed by atoms with van der Waals surface area (Å²) in [6.07, 6.45) is 3.49. The molecule has 1 heterocycles. The number of nitrogens with zero attached hydrogens (tertiary/aromatic N) is 3. The summed E-state index contributed by atoms with van der Waals surface area (Å²) in [4.78, 5) is 12.5. The first-order chi connectivity index (χ1) is 18.2. The van der Waals surface area contributed by atoms with Gasteiger partial charge in [-0.2, -0.15) is 10.2 Å². The molecule has 37 heavy (non-hydrogen) atoms. The Morgan fingerprint density at radius 2 is 1.57 bits per heavy atom. The Balaban J connectivity index is 1.38. The van der Waals surface area contributed by atoms with Gasteiger partial charge in [0, 0.05) is 21.8 Å². The van der Waals surface area contributed by atoms with Gasteiger partial charge in [0.2, 0.25) is 0 Å². The molecule has 0 saturated heterocycles. The highest BCUT2D eigenvalue weighted by Gasteiger charge is 2.13. The average Bonchev–Trinajstić information content (AvgIpc) is 3.37. The molecule has 0 bridgehead atoms. The molecule has 0 radical (unpaired) electrons. The van der Waals surface area contributed by atoms with Crippen molar-refractivity contribution in [1.82, 2.24) is 15.2 Å². The maximum Gasteiger partial charge on any atom is 0.272 e. The number of carbonyl (C=O) groups is 1. The number of carbonyl (C=O) groups excluding carboxylic acids is 1. The van der Waals surface area contributed by atoms with E-state index in [1.54, 1.807) is 23.0 Å². The number of hydrazone groups is 1. The number of hydrogen-bond donors (Lipinski definition) is 1. The maximum atomic E-state index is 12.5. The molecule has 182 valence electrons. The molecule has 0 aliphatic rings. The second kappa shape index (κ2) is 11.5. The van der Waals surface area contributed by atoms with E-state index in [0.717, 1.165) is 33.8 Å². The van der Waals surface area contributed by atoms with Crippen LogP contribution in [-0.2, 0) is 6.61 Å². The zero-order valence-electron chi connectivity index (χ0n) is 19.8. The Kier molecular flexibility index (Phi) is 7.52. The summed E-state index contributed by atoms with van der Waals surface area (Å²) >= 11 is 3.40. The molecule has 0 atom stereocenters. The fourth-order valence-electron chi connectivity index (χ4n) is 3.74. The Morgan fingerprint density at radius 3 is 2.30 bits per heavy atom. The summed E-state index contributed by atoms with van der Waals surface area (Å²) in [6.45, 7) is 0.498. The van der Waals surface area contributed by atoms with E-state index in [1.807, 2.05) is 103 Å². The largest absolute Gasteiger partial charge is 0.489 e. The number of aromatic nitrogens is 2. The lowest BCUT2D eigenvalue weighted by Crippen LogP contribution is -2.18. The third-order valence-electron chi connectivity index (χ3n) is 5.63. The molecule has 1 aromatic heterocycles. The summed E-state index contributed by atoms with van der Waals surface area (Å²) in [6, 6.07) is 34.9. The number of amides is 1. The van der Waals surface area contributed by atoms with Crippen LogP contribution in [0.5, 0.6) is 5.75 Å². The second-order valence-corrected chi connectivity index (χ2v) is 9.05. The van der Waals surface area contributed by atoms with E-state index >= 15 is 0 Å². The first kappa shape index (κ1) is 24.2. The van der Waals surface area contributed by atoms with Gasteiger partial charge in [-0.25, -0.2) is 10.1 Å². The lowest BCUT2D eigenvalue weighted by molar-refractivity contribution is 0.0954. The SMILES string of the molecule is O=C(N/N=C/c1cn(-c2ccccc2)nc1-c1ccc(OCc2ccccc2)cc1)c1ccccc1Br. The third kappa shape index (κ3) is 6.02. The van der Waals surface area contributed by atoms with Gasteiger partial charge in [-0.1, -0.05) is 60.7 Å². The molecular weight excluding hydrogens is 528 g/mol. The van der Waals surface area contributed by atoms with Crippen molar-refractivity contribution < 1.29 is 9.53 Å². The highest BCUT2D eigenvalue weighted by Crippen LogP contribution is 2.25. The van der Waals surface area contributed by atoms with Crippen LogP contribution in [0.4, 0.5) is 0 Å². The first-order valence-corrected chi connectivity index (χ1v) is 12.5. The number of rotatable bonds is 8. The van der Waals surface area contributed by atoms with Gasteiger partial charge >= 0.3 is 0 Å². The zero-order chi connectivity index (χ0) is 25.5. The molecule has 1 N–H and O–H groups in total. The van der Waals surface area contributed by atoms with Crippen LogP contribution in [0.2, 0.25) is 0 Å². The van der Waals surface area contributed by atoms with E-state index in [4.69, 9.17) is 9.84 Å². The van der Waals surface area contributed by atoms with Crippen molar-refractivity contribution in [1.29, 1.82) is 0 Å². The minimum Gasteiger partial charge on any atom is -0.489 e. The molecule has 7 heteroatoms. The van der Waals surface area contributed by atoms with Gasteiger partial charge < -0.3 is 4.74 Å². The van der Waals surface area contributed by atoms with Crippen molar-refractivity contribution in [3.8, 4) is 22.7 Å². The molecule has 0 aliphatic heterocycles. The molecule has 0 aliphatic carbocycles. The van der Waals surface area contributed by atoms with Gasteiger partial charge in [-0.05, 0) is 70.0 Å². The normalized spacial score (nSPS) is 10.9. The number of benzene rings is 4. The van der Waals surface area contributed by atoms with E-state index in [9.17, 15) is 4.79 Å². The minimum atomic E-state index is -0.305. The quantitative estimate of drug-likeness (QED) is 0.174. The fraction of sp³-hybridized carbons (Fsp3) is 0.0333. The van der Waals surface area contributed by atoms with Crippen LogP contribution < -0.4 is 10.2 Å². The highest BCUT2D eigenvalue weighted by atomic mass is 79.9. The van der Waals surface area contributed by atoms with Gasteiger partial charge in [0.25, 0.3) is 5.91 Å². The summed E-state index contributed by atoms with van der Waals surface area (Å²) in [5.74, 6) is 0.464. The smallest absolute Gasteiger partial charge is 0.272 e. The maximum absolute atomic E-state index is 12.5. The van der Waals surface area contributed by atoms with Crippen molar-refractivity contribution in [3.63, 3.8) is 0 Å². The third-order valence-corrected chi connectivity index (χ3v) is 6.32. The van der Waals surface area contributed by atoms with Gasteiger partial charge in [-0.3, -0.25) is 4.79 Å². The van der Waals surface area contributed by atoms with Crippen LogP contribution >= 0.6 is 15.9 Å². The molecule has 0 saturated carbocycles. The fourth-order valence-corrected chi connectivity index (χ4v) is 4.20. The Morgan fingerprint density at radius 1 is 0.892 bits per heavy atom. The molecule has 4 aromatic carbocycles. The molecule has 0 fully saturated rings. The summed E-state index contributed by atoms with van der Waals surface area (Å²) in [7, 11) is 0. The number of hydrogen-bond acceptors (Lipinski definition) is 4. The monoisotopic (exact) mass is 550 g/mol.